The Morgan fingerprint density at radius 1 is 1.43 bits per heavy atom. The van der Waals surface area contributed by atoms with Crippen LogP contribution in [0.25, 0.3) is 0 Å². The Balaban J connectivity index is 0.00000169. The predicted molar refractivity (Wildman–Crippen MR) is 52.4 cm³/mol. The van der Waals surface area contributed by atoms with Crippen molar-refractivity contribution in [3.8, 4) is 0 Å². The minimum absolute atomic E-state index is 0. The van der Waals surface area contributed by atoms with Gasteiger partial charge in [-0.1, -0.05) is 6.07 Å². The molecule has 0 aromatic carbocycles. The summed E-state index contributed by atoms with van der Waals surface area (Å²) in [5.41, 5.74) is 0.938. The molecule has 0 saturated carbocycles. The van der Waals surface area contributed by atoms with Gasteiger partial charge in [0.1, 0.15) is 5.82 Å². The Hall–Kier alpha value is -1.31. The van der Waals surface area contributed by atoms with Crippen LogP contribution in [0.3, 0.4) is 0 Å². The van der Waals surface area contributed by atoms with Crippen LogP contribution in [0.5, 0.6) is 0 Å². The van der Waals surface area contributed by atoms with E-state index < -0.39 is 11.9 Å². The fraction of sp³-hybridized carbons (Fsp3) is 0.125. The summed E-state index contributed by atoms with van der Waals surface area (Å²) in [5, 5.41) is 10.4. The topological polar surface area (TPSA) is 79.3 Å². The summed E-state index contributed by atoms with van der Waals surface area (Å²) in [5.74, 6) is -2.38. The first-order valence-corrected chi connectivity index (χ1v) is 3.56. The summed E-state index contributed by atoms with van der Waals surface area (Å²) in [6.45, 7) is 1.84. The van der Waals surface area contributed by atoms with Gasteiger partial charge >= 0.3 is 30.7 Å². The number of rotatable bonds is 1. The van der Waals surface area contributed by atoms with Crippen molar-refractivity contribution < 1.29 is 14.7 Å². The van der Waals surface area contributed by atoms with Crippen LogP contribution in [0, 0.1) is 6.92 Å². The summed E-state index contributed by atoms with van der Waals surface area (Å²) in [6, 6.07) is 3.26. The van der Waals surface area contributed by atoms with Crippen LogP contribution in [0.4, 0.5) is 5.82 Å². The molecule has 1 aromatic rings. The number of aromatic nitrogens is 1. The molecule has 0 saturated heterocycles. The zero-order valence-corrected chi connectivity index (χ0v) is 6.94. The van der Waals surface area contributed by atoms with Crippen LogP contribution in [-0.4, -0.2) is 40.8 Å². The number of amides is 1. The maximum absolute atomic E-state index is 10.6. The number of hydrogen-bond donors (Lipinski definition) is 2. The summed E-state index contributed by atoms with van der Waals surface area (Å²) in [7, 11) is 0. The van der Waals surface area contributed by atoms with Crippen LogP contribution in [0.2, 0.25) is 0 Å². The van der Waals surface area contributed by atoms with E-state index in [-0.39, 0.29) is 24.7 Å². The Kier molecular flexibility index (Phi) is 4.92. The summed E-state index contributed by atoms with van der Waals surface area (Å²) < 4.78 is 0. The fourth-order valence-corrected chi connectivity index (χ4v) is 0.712. The zero-order chi connectivity index (χ0) is 9.84. The van der Waals surface area contributed by atoms with Gasteiger partial charge in [-0.2, -0.15) is 0 Å². The quantitative estimate of drug-likeness (QED) is 0.471. The number of aliphatic carboxylic acids is 1. The standard InChI is InChI=1S/C8H8N2O3.Li.H/c1-5-2-3-6(9-4-5)10-7(11)8(12)13;;/h2-4H,1H3,(H,12,13)(H,9,10,11);;. The van der Waals surface area contributed by atoms with Gasteiger partial charge in [-0.05, 0) is 18.6 Å². The van der Waals surface area contributed by atoms with Crippen LogP contribution < -0.4 is 5.32 Å². The van der Waals surface area contributed by atoms with Crippen LogP contribution in [0.15, 0.2) is 18.3 Å². The second-order valence-corrected chi connectivity index (χ2v) is 2.48. The number of carboxylic acid groups (broad SMARTS) is 1. The summed E-state index contributed by atoms with van der Waals surface area (Å²) in [4.78, 5) is 24.6. The van der Waals surface area contributed by atoms with Gasteiger partial charge in [0.05, 0.1) is 0 Å². The van der Waals surface area contributed by atoms with Gasteiger partial charge in [0, 0.05) is 6.20 Å². The molecule has 0 unspecified atom stereocenters. The molecule has 1 heterocycles. The molecule has 1 rings (SSSR count). The average molecular weight is 188 g/mol. The third kappa shape index (κ3) is 3.60. The fourth-order valence-electron chi connectivity index (χ4n) is 0.712. The van der Waals surface area contributed by atoms with Gasteiger partial charge in [-0.25, -0.2) is 9.78 Å². The van der Waals surface area contributed by atoms with E-state index in [1.165, 1.54) is 12.3 Å². The molecule has 14 heavy (non-hydrogen) atoms. The molecule has 1 amide bonds. The van der Waals surface area contributed by atoms with E-state index in [2.05, 4.69) is 10.3 Å². The van der Waals surface area contributed by atoms with Crippen molar-refractivity contribution in [2.24, 2.45) is 0 Å². The molecule has 5 nitrogen and oxygen atoms in total. The van der Waals surface area contributed by atoms with Gasteiger partial charge in [0.2, 0.25) is 0 Å². The van der Waals surface area contributed by atoms with Crippen molar-refractivity contribution in [2.75, 3.05) is 5.32 Å². The van der Waals surface area contributed by atoms with E-state index in [1.807, 2.05) is 6.92 Å². The number of carbonyl (C=O) groups is 2. The number of aryl methyl sites for hydroxylation is 1. The van der Waals surface area contributed by atoms with E-state index >= 15 is 0 Å². The van der Waals surface area contributed by atoms with Gasteiger partial charge in [-0.15, -0.1) is 0 Å². The molecule has 0 aliphatic rings. The third-order valence-electron chi connectivity index (χ3n) is 1.35. The molecule has 0 bridgehead atoms. The normalized spacial score (nSPS) is 8.64. The molecule has 0 fully saturated rings. The second-order valence-electron chi connectivity index (χ2n) is 2.48. The predicted octanol–water partition coefficient (Wildman–Crippen LogP) is -0.235. The number of hydrogen-bond acceptors (Lipinski definition) is 3. The van der Waals surface area contributed by atoms with Crippen molar-refractivity contribution in [1.29, 1.82) is 0 Å². The van der Waals surface area contributed by atoms with E-state index in [0.29, 0.717) is 0 Å². The van der Waals surface area contributed by atoms with Crippen molar-refractivity contribution in [1.82, 2.24) is 4.98 Å². The Bertz CT molecular complexity index is 337. The van der Waals surface area contributed by atoms with Crippen LogP contribution in [0.1, 0.15) is 5.56 Å². The van der Waals surface area contributed by atoms with Gasteiger partial charge < -0.3 is 10.4 Å². The first-order chi connectivity index (χ1) is 6.09. The number of pyridine rings is 1. The molecular weight excluding hydrogens is 179 g/mol. The van der Waals surface area contributed by atoms with Crippen molar-refractivity contribution >= 4 is 36.6 Å². The SMILES string of the molecule is Cc1ccc(NC(=O)C(=O)O)nc1.[LiH]. The van der Waals surface area contributed by atoms with E-state index in [4.69, 9.17) is 5.11 Å². The Labute approximate surface area is 92.7 Å². The molecule has 0 aliphatic heterocycles. The first-order valence-electron chi connectivity index (χ1n) is 3.56. The molecule has 0 atom stereocenters. The maximum atomic E-state index is 10.6. The van der Waals surface area contributed by atoms with Crippen molar-refractivity contribution in [2.45, 2.75) is 6.92 Å². The molecule has 0 radical (unpaired) electrons. The number of carbonyl (C=O) groups excluding carboxylic acids is 1. The first kappa shape index (κ1) is 12.7. The molecule has 0 aliphatic carbocycles. The van der Waals surface area contributed by atoms with E-state index in [9.17, 15) is 9.59 Å². The van der Waals surface area contributed by atoms with Crippen molar-refractivity contribution in [3.05, 3.63) is 23.9 Å². The van der Waals surface area contributed by atoms with Gasteiger partial charge in [-0.3, -0.25) is 4.79 Å². The molecular formula is C8H9LiN2O3. The van der Waals surface area contributed by atoms with Crippen LogP contribution in [-0.2, 0) is 9.59 Å². The van der Waals surface area contributed by atoms with Gasteiger partial charge in [0.25, 0.3) is 0 Å². The van der Waals surface area contributed by atoms with Crippen LogP contribution >= 0.6 is 0 Å². The number of anilines is 1. The Morgan fingerprint density at radius 3 is 2.50 bits per heavy atom. The molecule has 2 N–H and O–H groups in total. The van der Waals surface area contributed by atoms with E-state index in [1.54, 1.807) is 6.07 Å². The van der Waals surface area contributed by atoms with Crippen molar-refractivity contribution in [3.63, 3.8) is 0 Å². The minimum atomic E-state index is -1.53. The molecule has 1 aromatic heterocycles. The molecule has 0 spiro atoms. The summed E-state index contributed by atoms with van der Waals surface area (Å²) in [6.07, 6.45) is 1.54. The number of nitrogens with zero attached hydrogens (tertiary/aromatic N) is 1. The van der Waals surface area contributed by atoms with Gasteiger partial charge in [0.15, 0.2) is 0 Å². The molecule has 70 valence electrons. The number of carboxylic acids is 1. The number of nitrogens with one attached hydrogen (secondary N) is 1. The average Bonchev–Trinajstić information content (AvgIpc) is 2.08. The third-order valence-corrected chi connectivity index (χ3v) is 1.35. The second kappa shape index (κ2) is 5.42. The summed E-state index contributed by atoms with van der Waals surface area (Å²) >= 11 is 0. The molecule has 6 heteroatoms. The monoisotopic (exact) mass is 188 g/mol. The zero-order valence-electron chi connectivity index (χ0n) is 6.94. The Morgan fingerprint density at radius 2 is 2.07 bits per heavy atom. The van der Waals surface area contributed by atoms with E-state index in [0.717, 1.165) is 5.56 Å².